The highest BCUT2D eigenvalue weighted by Gasteiger charge is 2.10. The average molecular weight is 458 g/mol. The summed E-state index contributed by atoms with van der Waals surface area (Å²) in [6.45, 7) is 1.64. The van der Waals surface area contributed by atoms with E-state index >= 15 is 0 Å². The predicted molar refractivity (Wildman–Crippen MR) is 134 cm³/mol. The quantitative estimate of drug-likeness (QED) is 0.277. The Labute approximate surface area is 198 Å². The number of rotatable bonds is 10. The number of ether oxygens (including phenoxy) is 2. The highest BCUT2D eigenvalue weighted by molar-refractivity contribution is 6.09. The minimum absolute atomic E-state index is 0.488. The first kappa shape index (κ1) is 22.9. The number of hydrogen-bond acceptors (Lipinski definition) is 8. The molecule has 0 atom stereocenters. The summed E-state index contributed by atoms with van der Waals surface area (Å²) >= 11 is 0. The Hall–Kier alpha value is -4.24. The molecule has 4 aromatic rings. The summed E-state index contributed by atoms with van der Waals surface area (Å²) in [7, 11) is 3.37. The van der Waals surface area contributed by atoms with E-state index in [0.717, 1.165) is 45.3 Å². The van der Waals surface area contributed by atoms with Crippen molar-refractivity contribution in [1.29, 1.82) is 0 Å². The van der Waals surface area contributed by atoms with Gasteiger partial charge in [0.05, 0.1) is 24.2 Å². The van der Waals surface area contributed by atoms with Crippen molar-refractivity contribution in [3.63, 3.8) is 0 Å². The Morgan fingerprint density at radius 3 is 2.74 bits per heavy atom. The Morgan fingerprint density at radius 1 is 1.12 bits per heavy atom. The maximum Gasteiger partial charge on any atom is 0.140 e. The van der Waals surface area contributed by atoms with E-state index in [1.54, 1.807) is 39.1 Å². The third-order valence-corrected chi connectivity index (χ3v) is 5.18. The van der Waals surface area contributed by atoms with Crippen LogP contribution in [0.2, 0.25) is 0 Å². The van der Waals surface area contributed by atoms with E-state index in [-0.39, 0.29) is 0 Å². The van der Waals surface area contributed by atoms with Crippen LogP contribution in [0.1, 0.15) is 11.1 Å². The fourth-order valence-electron chi connectivity index (χ4n) is 3.44. The van der Waals surface area contributed by atoms with Crippen molar-refractivity contribution < 1.29 is 9.47 Å². The molecular formula is C25H27N7O2. The number of allylic oxidation sites excluding steroid dienone is 1. The van der Waals surface area contributed by atoms with Gasteiger partial charge in [-0.05, 0) is 17.2 Å². The molecule has 3 N–H and O–H groups in total. The fourth-order valence-corrected chi connectivity index (χ4v) is 3.44. The van der Waals surface area contributed by atoms with Crippen molar-refractivity contribution >= 4 is 23.3 Å². The summed E-state index contributed by atoms with van der Waals surface area (Å²) in [5.41, 5.74) is 11.1. The summed E-state index contributed by atoms with van der Waals surface area (Å²) in [6.07, 6.45) is 8.55. The maximum absolute atomic E-state index is 5.69. The van der Waals surface area contributed by atoms with Crippen molar-refractivity contribution in [2.24, 2.45) is 10.7 Å². The van der Waals surface area contributed by atoms with Gasteiger partial charge in [-0.25, -0.2) is 15.0 Å². The Kier molecular flexibility index (Phi) is 7.46. The van der Waals surface area contributed by atoms with Gasteiger partial charge in [0, 0.05) is 57.0 Å². The highest BCUT2D eigenvalue weighted by atomic mass is 16.5. The van der Waals surface area contributed by atoms with Crippen LogP contribution in [0.3, 0.4) is 0 Å². The first-order chi connectivity index (χ1) is 16.7. The van der Waals surface area contributed by atoms with E-state index in [1.165, 1.54) is 0 Å². The first-order valence-corrected chi connectivity index (χ1v) is 10.8. The van der Waals surface area contributed by atoms with Gasteiger partial charge in [0.2, 0.25) is 0 Å². The molecule has 1 aromatic carbocycles. The van der Waals surface area contributed by atoms with Crippen molar-refractivity contribution in [3.05, 3.63) is 78.5 Å². The number of aromatic nitrogens is 4. The number of fused-ring (bicyclic) bond motifs is 1. The van der Waals surface area contributed by atoms with Gasteiger partial charge in [0.15, 0.2) is 0 Å². The minimum Gasteiger partial charge on any atom is -0.491 e. The molecule has 0 amide bonds. The number of pyridine rings is 1. The van der Waals surface area contributed by atoms with Gasteiger partial charge in [-0.2, -0.15) is 0 Å². The van der Waals surface area contributed by atoms with Crippen LogP contribution in [0.15, 0.2) is 72.4 Å². The average Bonchev–Trinajstić information content (AvgIpc) is 3.30. The van der Waals surface area contributed by atoms with Crippen LogP contribution in [-0.4, -0.2) is 52.9 Å². The van der Waals surface area contributed by atoms with Gasteiger partial charge >= 0.3 is 0 Å². The summed E-state index contributed by atoms with van der Waals surface area (Å²) in [4.78, 5) is 17.3. The molecule has 0 aliphatic carbocycles. The molecule has 0 fully saturated rings. The number of nitrogens with two attached hydrogens (primary N) is 1. The normalized spacial score (nSPS) is 11.9. The minimum atomic E-state index is 0.488. The van der Waals surface area contributed by atoms with Crippen LogP contribution in [0.5, 0.6) is 5.75 Å². The van der Waals surface area contributed by atoms with Crippen LogP contribution in [0, 0.1) is 0 Å². The largest absolute Gasteiger partial charge is 0.491 e. The number of hydrogen-bond donors (Lipinski definition) is 2. The zero-order chi connectivity index (χ0) is 23.8. The molecular weight excluding hydrogens is 430 g/mol. The first-order valence-electron chi connectivity index (χ1n) is 10.8. The summed E-state index contributed by atoms with van der Waals surface area (Å²) < 4.78 is 12.7. The van der Waals surface area contributed by atoms with Crippen LogP contribution in [-0.2, 0) is 11.3 Å². The molecule has 0 spiro atoms. The molecule has 0 unspecified atom stereocenters. The van der Waals surface area contributed by atoms with Gasteiger partial charge in [-0.15, -0.1) is 0 Å². The highest BCUT2D eigenvalue weighted by Crippen LogP contribution is 2.23. The summed E-state index contributed by atoms with van der Waals surface area (Å²) in [5.74, 6) is 1.47. The second-order valence-corrected chi connectivity index (χ2v) is 7.42. The molecule has 0 radical (unpaired) electrons. The third-order valence-electron chi connectivity index (χ3n) is 5.18. The van der Waals surface area contributed by atoms with Crippen LogP contribution >= 0.6 is 0 Å². The van der Waals surface area contributed by atoms with E-state index in [9.17, 15) is 0 Å². The van der Waals surface area contributed by atoms with Crippen molar-refractivity contribution in [1.82, 2.24) is 19.4 Å². The van der Waals surface area contributed by atoms with E-state index in [1.807, 2.05) is 53.1 Å². The van der Waals surface area contributed by atoms with E-state index in [2.05, 4.69) is 25.3 Å². The Bertz CT molecular complexity index is 1300. The Morgan fingerprint density at radius 2 is 1.97 bits per heavy atom. The molecule has 0 aliphatic heterocycles. The number of anilines is 1. The summed E-state index contributed by atoms with van der Waals surface area (Å²) in [5, 5.41) is 3.36. The zero-order valence-electron chi connectivity index (χ0n) is 19.2. The lowest BCUT2D eigenvalue weighted by Crippen LogP contribution is -2.04. The maximum atomic E-state index is 5.69. The smallest absolute Gasteiger partial charge is 0.140 e. The molecule has 0 saturated heterocycles. The summed E-state index contributed by atoms with van der Waals surface area (Å²) in [6, 6.07) is 13.8. The molecule has 9 heteroatoms. The number of benzene rings is 1. The van der Waals surface area contributed by atoms with E-state index in [4.69, 9.17) is 15.2 Å². The van der Waals surface area contributed by atoms with Crippen LogP contribution < -0.4 is 15.8 Å². The number of nitrogens with zero attached hydrogens (tertiary/aromatic N) is 5. The number of methoxy groups -OCH3 is 1. The second-order valence-electron chi connectivity index (χ2n) is 7.42. The van der Waals surface area contributed by atoms with Gasteiger partial charge in [0.1, 0.15) is 30.1 Å². The van der Waals surface area contributed by atoms with Gasteiger partial charge < -0.3 is 20.5 Å². The van der Waals surface area contributed by atoms with Crippen molar-refractivity contribution in [2.75, 3.05) is 32.7 Å². The number of nitrogens with one attached hydrogen (secondary N) is 1. The van der Waals surface area contributed by atoms with Gasteiger partial charge in [-0.1, -0.05) is 24.3 Å². The molecule has 174 valence electrons. The Balaban J connectivity index is 1.45. The number of imidazole rings is 1. The monoisotopic (exact) mass is 457 g/mol. The van der Waals surface area contributed by atoms with E-state index < -0.39 is 0 Å². The lowest BCUT2D eigenvalue weighted by molar-refractivity contribution is 0.146. The molecule has 0 bridgehead atoms. The molecule has 3 heterocycles. The molecule has 0 saturated carbocycles. The molecule has 9 nitrogen and oxygen atoms in total. The van der Waals surface area contributed by atoms with Crippen LogP contribution in [0.25, 0.3) is 22.6 Å². The van der Waals surface area contributed by atoms with Gasteiger partial charge in [-0.3, -0.25) is 9.39 Å². The fraction of sp³-hybridized carbons (Fsp3) is 0.200. The molecule has 3 aromatic heterocycles. The molecule has 34 heavy (non-hydrogen) atoms. The van der Waals surface area contributed by atoms with E-state index in [0.29, 0.717) is 19.8 Å². The number of aliphatic imine (C=N–C) groups is 1. The lowest BCUT2D eigenvalue weighted by atomic mass is 10.1. The third kappa shape index (κ3) is 5.38. The molecule has 4 rings (SSSR count). The predicted octanol–water partition coefficient (Wildman–Crippen LogP) is 3.43. The SMILES string of the molecule is CN=C/C(=C\N)c1ccc(CNc2cc(-c3cnc4cc(OCCOC)ccn34)ncn2)cc1. The lowest BCUT2D eigenvalue weighted by Gasteiger charge is -2.09. The van der Waals surface area contributed by atoms with Crippen molar-refractivity contribution in [2.45, 2.75) is 6.54 Å². The van der Waals surface area contributed by atoms with Crippen LogP contribution in [0.4, 0.5) is 5.82 Å². The standard InChI is InChI=1S/C25H27N7O2/c1-27-15-20(13-26)19-5-3-18(4-6-19)14-28-24-12-22(30-17-31-24)23-16-29-25-11-21(7-8-32(23)25)34-10-9-33-2/h3-8,11-13,15-17H,9-10,14,26H2,1-2H3,(H,28,30,31)/b20-13+,27-15?. The molecule has 0 aliphatic rings. The topological polar surface area (TPSA) is 112 Å². The second kappa shape index (κ2) is 11.1. The van der Waals surface area contributed by atoms with Gasteiger partial charge in [0.25, 0.3) is 0 Å². The van der Waals surface area contributed by atoms with Crippen molar-refractivity contribution in [3.8, 4) is 17.1 Å². The zero-order valence-corrected chi connectivity index (χ0v) is 19.2.